The summed E-state index contributed by atoms with van der Waals surface area (Å²) in [5.41, 5.74) is 6.65. The van der Waals surface area contributed by atoms with E-state index in [9.17, 15) is 14.4 Å². The third kappa shape index (κ3) is 4.12. The molecule has 0 radical (unpaired) electrons. The Morgan fingerprint density at radius 2 is 1.97 bits per heavy atom. The number of aryl methyl sites for hydroxylation is 2. The van der Waals surface area contributed by atoms with Gasteiger partial charge in [0.05, 0.1) is 5.39 Å². The molecule has 3 amide bonds. The molecule has 34 heavy (non-hydrogen) atoms. The summed E-state index contributed by atoms with van der Waals surface area (Å²) in [7, 11) is 0. The van der Waals surface area contributed by atoms with Crippen LogP contribution in [0.1, 0.15) is 74.6 Å². The van der Waals surface area contributed by atoms with Crippen molar-refractivity contribution < 1.29 is 19.1 Å². The average molecular weight is 486 g/mol. The molecule has 3 aliphatic rings. The number of ether oxygens (including phenoxy) is 1. The predicted molar refractivity (Wildman–Crippen MR) is 128 cm³/mol. The van der Waals surface area contributed by atoms with Gasteiger partial charge in [0, 0.05) is 4.88 Å². The number of nitrogen functional groups attached to an aromatic ring is 1. The lowest BCUT2D eigenvalue weighted by atomic mass is 9.75. The van der Waals surface area contributed by atoms with E-state index in [2.05, 4.69) is 22.2 Å². The topological polar surface area (TPSA) is 128 Å². The third-order valence-electron chi connectivity index (χ3n) is 7.57. The predicted octanol–water partition coefficient (Wildman–Crippen LogP) is 3.48. The summed E-state index contributed by atoms with van der Waals surface area (Å²) < 4.78 is 5.33. The highest BCUT2D eigenvalue weighted by Crippen LogP contribution is 2.38. The molecule has 3 N–H and O–H groups in total. The molecule has 1 aliphatic heterocycles. The number of hydrogen-bond acceptors (Lipinski definition) is 8. The number of esters is 1. The Labute approximate surface area is 202 Å². The van der Waals surface area contributed by atoms with Gasteiger partial charge in [-0.1, -0.05) is 19.8 Å². The van der Waals surface area contributed by atoms with Crippen molar-refractivity contribution in [1.29, 1.82) is 0 Å². The minimum Gasteiger partial charge on any atom is -0.456 e. The largest absolute Gasteiger partial charge is 0.456 e. The molecule has 5 rings (SSSR count). The molecule has 0 aromatic carbocycles. The molecule has 2 aromatic heterocycles. The van der Waals surface area contributed by atoms with Gasteiger partial charge in [0.1, 0.15) is 22.7 Å². The zero-order valence-electron chi connectivity index (χ0n) is 19.5. The molecule has 1 saturated heterocycles. The molecule has 0 unspecified atom stereocenters. The number of carbonyl (C=O) groups is 3. The highest BCUT2D eigenvalue weighted by molar-refractivity contribution is 7.19. The quantitative estimate of drug-likeness (QED) is 0.377. The van der Waals surface area contributed by atoms with Crippen molar-refractivity contribution in [3.05, 3.63) is 16.3 Å². The number of anilines is 1. The standard InChI is InChI=1S/C24H31N5O4S/c1-2-14-8-10-24(11-9-14)22(31)29(23(32)28-24)12-18(30)33-13-17-26-20(25)19-15-6-4-3-5-7-16(15)34-21(19)27-17/h14H,2-13H2,1H3,(H,28,32)(H2,25,26,27). The first-order valence-electron chi connectivity index (χ1n) is 12.3. The molecule has 2 aliphatic carbocycles. The summed E-state index contributed by atoms with van der Waals surface area (Å²) in [5.74, 6) is 0.311. The Kier molecular flexibility index (Phi) is 6.18. The summed E-state index contributed by atoms with van der Waals surface area (Å²) in [6.45, 7) is 1.56. The summed E-state index contributed by atoms with van der Waals surface area (Å²) in [6.07, 6.45) is 9.63. The van der Waals surface area contributed by atoms with Gasteiger partial charge < -0.3 is 15.8 Å². The average Bonchev–Trinajstić information content (AvgIpc) is 3.16. The number of rotatable bonds is 5. The first-order chi connectivity index (χ1) is 16.4. The van der Waals surface area contributed by atoms with Crippen LogP contribution in [0, 0.1) is 5.92 Å². The number of urea groups is 1. The number of amides is 3. The molecule has 0 bridgehead atoms. The van der Waals surface area contributed by atoms with Gasteiger partial charge in [0.25, 0.3) is 5.91 Å². The van der Waals surface area contributed by atoms with E-state index in [1.165, 1.54) is 23.3 Å². The second-order valence-electron chi connectivity index (χ2n) is 9.69. The van der Waals surface area contributed by atoms with E-state index in [0.29, 0.717) is 30.4 Å². The lowest BCUT2D eigenvalue weighted by Crippen LogP contribution is -2.49. The molecule has 182 valence electrons. The smallest absolute Gasteiger partial charge is 0.326 e. The van der Waals surface area contributed by atoms with E-state index in [-0.39, 0.29) is 12.5 Å². The van der Waals surface area contributed by atoms with Crippen LogP contribution < -0.4 is 11.1 Å². The SMILES string of the molecule is CCC1CCC2(CC1)NC(=O)N(CC(=O)OCc1nc(N)c3c4c(sc3n1)CCCCC4)C2=O. The van der Waals surface area contributed by atoms with Crippen LogP contribution >= 0.6 is 11.3 Å². The van der Waals surface area contributed by atoms with Gasteiger partial charge in [-0.05, 0) is 62.8 Å². The number of nitrogens with zero attached hydrogens (tertiary/aromatic N) is 3. The summed E-state index contributed by atoms with van der Waals surface area (Å²) >= 11 is 1.64. The van der Waals surface area contributed by atoms with E-state index >= 15 is 0 Å². The summed E-state index contributed by atoms with van der Waals surface area (Å²) in [5, 5.41) is 3.77. The van der Waals surface area contributed by atoms with E-state index in [1.54, 1.807) is 11.3 Å². The summed E-state index contributed by atoms with van der Waals surface area (Å²) in [6, 6.07) is -0.529. The normalized spacial score (nSPS) is 24.9. The van der Waals surface area contributed by atoms with Gasteiger partial charge in [0.2, 0.25) is 0 Å². The van der Waals surface area contributed by atoms with Gasteiger partial charge in [-0.2, -0.15) is 0 Å². The van der Waals surface area contributed by atoms with Crippen LogP contribution in [0.3, 0.4) is 0 Å². The van der Waals surface area contributed by atoms with Crippen molar-refractivity contribution in [1.82, 2.24) is 20.2 Å². The summed E-state index contributed by atoms with van der Waals surface area (Å²) in [4.78, 5) is 50.0. The maximum absolute atomic E-state index is 13.0. The monoisotopic (exact) mass is 485 g/mol. The molecule has 3 heterocycles. The van der Waals surface area contributed by atoms with E-state index in [1.807, 2.05) is 0 Å². The zero-order chi connectivity index (χ0) is 23.9. The van der Waals surface area contributed by atoms with Crippen LogP contribution in [0.25, 0.3) is 10.2 Å². The Morgan fingerprint density at radius 1 is 1.21 bits per heavy atom. The van der Waals surface area contributed by atoms with Crippen molar-refractivity contribution in [2.45, 2.75) is 83.3 Å². The molecular weight excluding hydrogens is 454 g/mol. The number of nitrogens with two attached hydrogens (primary N) is 1. The van der Waals surface area contributed by atoms with E-state index in [4.69, 9.17) is 10.5 Å². The van der Waals surface area contributed by atoms with Gasteiger partial charge in [-0.3, -0.25) is 14.5 Å². The fourth-order valence-corrected chi connectivity index (χ4v) is 6.82. The number of hydrogen-bond donors (Lipinski definition) is 2. The van der Waals surface area contributed by atoms with Crippen molar-refractivity contribution in [3.8, 4) is 0 Å². The van der Waals surface area contributed by atoms with Gasteiger partial charge in [-0.15, -0.1) is 11.3 Å². The van der Waals surface area contributed by atoms with Crippen LogP contribution in [-0.2, 0) is 33.8 Å². The molecule has 0 atom stereocenters. The number of nitrogens with one attached hydrogen (secondary N) is 1. The second kappa shape index (κ2) is 9.13. The Morgan fingerprint density at radius 3 is 2.74 bits per heavy atom. The lowest BCUT2D eigenvalue weighted by Gasteiger charge is -2.34. The van der Waals surface area contributed by atoms with Crippen LogP contribution in [0.4, 0.5) is 10.6 Å². The minimum absolute atomic E-state index is 0.158. The first kappa shape index (κ1) is 23.0. The fraction of sp³-hybridized carbons (Fsp3) is 0.625. The fourth-order valence-electron chi connectivity index (χ4n) is 5.53. The van der Waals surface area contributed by atoms with Crippen LogP contribution in [-0.4, -0.2) is 44.9 Å². The number of imide groups is 1. The molecule has 2 aromatic rings. The first-order valence-corrected chi connectivity index (χ1v) is 13.1. The van der Waals surface area contributed by atoms with Gasteiger partial charge >= 0.3 is 12.0 Å². The lowest BCUT2D eigenvalue weighted by molar-refractivity contribution is -0.149. The van der Waals surface area contributed by atoms with Gasteiger partial charge in [0.15, 0.2) is 12.4 Å². The molecular formula is C24H31N5O4S. The Balaban J connectivity index is 1.23. The maximum Gasteiger partial charge on any atom is 0.326 e. The third-order valence-corrected chi connectivity index (χ3v) is 8.76. The number of thiophene rings is 1. The molecule has 1 saturated carbocycles. The molecule has 2 fully saturated rings. The highest BCUT2D eigenvalue weighted by atomic mass is 32.1. The molecule has 9 nitrogen and oxygen atoms in total. The number of carbonyl (C=O) groups excluding carboxylic acids is 3. The Hall–Kier alpha value is -2.75. The Bertz CT molecular complexity index is 1140. The maximum atomic E-state index is 13.0. The van der Waals surface area contributed by atoms with Crippen molar-refractivity contribution in [2.24, 2.45) is 5.92 Å². The molecule has 1 spiro atoms. The van der Waals surface area contributed by atoms with E-state index < -0.39 is 24.1 Å². The van der Waals surface area contributed by atoms with Crippen LogP contribution in [0.15, 0.2) is 0 Å². The van der Waals surface area contributed by atoms with Crippen LogP contribution in [0.5, 0.6) is 0 Å². The van der Waals surface area contributed by atoms with Crippen LogP contribution in [0.2, 0.25) is 0 Å². The van der Waals surface area contributed by atoms with Crippen molar-refractivity contribution >= 4 is 45.3 Å². The van der Waals surface area contributed by atoms with E-state index in [0.717, 1.165) is 53.6 Å². The second-order valence-corrected chi connectivity index (χ2v) is 10.8. The minimum atomic E-state index is -0.872. The zero-order valence-corrected chi connectivity index (χ0v) is 20.3. The van der Waals surface area contributed by atoms with Crippen molar-refractivity contribution in [3.63, 3.8) is 0 Å². The van der Waals surface area contributed by atoms with Crippen molar-refractivity contribution in [2.75, 3.05) is 12.3 Å². The van der Waals surface area contributed by atoms with Gasteiger partial charge in [-0.25, -0.2) is 14.8 Å². The number of fused-ring (bicyclic) bond motifs is 3. The molecule has 10 heteroatoms. The number of aromatic nitrogens is 2. The highest BCUT2D eigenvalue weighted by Gasteiger charge is 2.52.